The van der Waals surface area contributed by atoms with E-state index in [1.165, 1.54) is 19.3 Å². The monoisotopic (exact) mass is 271 g/mol. The van der Waals surface area contributed by atoms with Gasteiger partial charge in [0, 0.05) is 17.6 Å². The number of likely N-dealkylation sites (N-methyl/N-ethyl adjacent to an activating group) is 1. The third kappa shape index (κ3) is 2.56. The van der Waals surface area contributed by atoms with E-state index in [0.717, 1.165) is 29.8 Å². The highest BCUT2D eigenvalue weighted by Gasteiger charge is 2.19. The van der Waals surface area contributed by atoms with E-state index < -0.39 is 0 Å². The van der Waals surface area contributed by atoms with Crippen LogP contribution in [0.3, 0.4) is 0 Å². The first kappa shape index (κ1) is 13.2. The third-order valence-electron chi connectivity index (χ3n) is 4.11. The fourth-order valence-corrected chi connectivity index (χ4v) is 2.83. The van der Waals surface area contributed by atoms with E-state index in [0.29, 0.717) is 11.7 Å². The van der Waals surface area contributed by atoms with Gasteiger partial charge in [0.1, 0.15) is 12.4 Å². The van der Waals surface area contributed by atoms with Gasteiger partial charge in [-0.3, -0.25) is 4.98 Å². The summed E-state index contributed by atoms with van der Waals surface area (Å²) in [5, 5.41) is 0.992. The number of likely N-dealkylation sites (tertiary alicyclic amines) is 1. The van der Waals surface area contributed by atoms with Crippen LogP contribution in [0, 0.1) is 0 Å². The van der Waals surface area contributed by atoms with Crippen LogP contribution in [0.15, 0.2) is 30.5 Å². The molecule has 2 N–H and O–H groups in total. The van der Waals surface area contributed by atoms with Crippen molar-refractivity contribution in [1.29, 1.82) is 0 Å². The molecule has 1 aliphatic heterocycles. The first-order chi connectivity index (χ1) is 9.75. The van der Waals surface area contributed by atoms with Crippen LogP contribution in [0.5, 0.6) is 5.75 Å². The van der Waals surface area contributed by atoms with E-state index in [1.54, 1.807) is 6.20 Å². The number of rotatable bonds is 3. The van der Waals surface area contributed by atoms with Crippen molar-refractivity contribution >= 4 is 16.6 Å². The molecule has 0 spiro atoms. The van der Waals surface area contributed by atoms with Crippen LogP contribution in [-0.4, -0.2) is 36.1 Å². The number of anilines is 1. The molecule has 106 valence electrons. The van der Waals surface area contributed by atoms with Crippen molar-refractivity contribution in [3.8, 4) is 5.75 Å². The number of benzene rings is 1. The number of nitrogens with zero attached hydrogens (tertiary/aromatic N) is 2. The van der Waals surface area contributed by atoms with Crippen molar-refractivity contribution in [3.63, 3.8) is 0 Å². The van der Waals surface area contributed by atoms with Crippen LogP contribution in [0.1, 0.15) is 19.3 Å². The summed E-state index contributed by atoms with van der Waals surface area (Å²) in [4.78, 5) is 6.73. The summed E-state index contributed by atoms with van der Waals surface area (Å²) in [5.74, 6) is 0.876. The normalized spacial score (nSPS) is 20.1. The molecule has 2 heterocycles. The van der Waals surface area contributed by atoms with Gasteiger partial charge in [-0.25, -0.2) is 0 Å². The summed E-state index contributed by atoms with van der Waals surface area (Å²) in [6.07, 6.45) is 5.56. The maximum atomic E-state index is 6.05. The minimum absolute atomic E-state index is 0.507. The second-order valence-electron chi connectivity index (χ2n) is 5.49. The van der Waals surface area contributed by atoms with E-state index in [2.05, 4.69) is 16.9 Å². The number of hydrogen-bond donors (Lipinski definition) is 1. The van der Waals surface area contributed by atoms with E-state index >= 15 is 0 Å². The standard InChI is InChI=1S/C16H21N3O/c1-19-10-3-2-5-12(19)11-20-15-8-7-14(17)16-13(15)6-4-9-18-16/h4,6-9,12H,2-3,5,10-11,17H2,1H3. The molecule has 1 saturated heterocycles. The van der Waals surface area contributed by atoms with Crippen molar-refractivity contribution in [2.24, 2.45) is 0 Å². The summed E-state index contributed by atoms with van der Waals surface area (Å²) in [6, 6.07) is 8.25. The first-order valence-corrected chi connectivity index (χ1v) is 7.22. The molecule has 0 amide bonds. The zero-order valence-electron chi connectivity index (χ0n) is 11.9. The van der Waals surface area contributed by atoms with Gasteiger partial charge < -0.3 is 15.4 Å². The predicted octanol–water partition coefficient (Wildman–Crippen LogP) is 2.68. The third-order valence-corrected chi connectivity index (χ3v) is 4.11. The van der Waals surface area contributed by atoms with Gasteiger partial charge >= 0.3 is 0 Å². The molecule has 0 bridgehead atoms. The number of nitrogen functional groups attached to an aromatic ring is 1. The Morgan fingerprint density at radius 3 is 3.10 bits per heavy atom. The van der Waals surface area contributed by atoms with Gasteiger partial charge in [-0.15, -0.1) is 0 Å². The van der Waals surface area contributed by atoms with Crippen LogP contribution in [-0.2, 0) is 0 Å². The fourth-order valence-electron chi connectivity index (χ4n) is 2.83. The molecule has 2 aromatic rings. The van der Waals surface area contributed by atoms with Crippen molar-refractivity contribution in [2.75, 3.05) is 25.9 Å². The molecule has 4 heteroatoms. The van der Waals surface area contributed by atoms with Crippen molar-refractivity contribution < 1.29 is 4.74 Å². The van der Waals surface area contributed by atoms with Crippen molar-refractivity contribution in [2.45, 2.75) is 25.3 Å². The lowest BCUT2D eigenvalue weighted by Gasteiger charge is -2.32. The maximum absolute atomic E-state index is 6.05. The molecule has 1 aliphatic rings. The lowest BCUT2D eigenvalue weighted by Crippen LogP contribution is -2.40. The molecule has 1 aromatic heterocycles. The van der Waals surface area contributed by atoms with Gasteiger partial charge in [-0.2, -0.15) is 0 Å². The van der Waals surface area contributed by atoms with Crippen LogP contribution in [0.4, 0.5) is 5.69 Å². The summed E-state index contributed by atoms with van der Waals surface area (Å²) in [7, 11) is 2.18. The number of hydrogen-bond acceptors (Lipinski definition) is 4. The van der Waals surface area contributed by atoms with Crippen molar-refractivity contribution in [3.05, 3.63) is 30.5 Å². The molecule has 0 saturated carbocycles. The molecule has 1 unspecified atom stereocenters. The highest BCUT2D eigenvalue weighted by atomic mass is 16.5. The van der Waals surface area contributed by atoms with Crippen LogP contribution >= 0.6 is 0 Å². The second-order valence-corrected chi connectivity index (χ2v) is 5.49. The summed E-state index contributed by atoms with van der Waals surface area (Å²) < 4.78 is 6.05. The number of fused-ring (bicyclic) bond motifs is 1. The Bertz CT molecular complexity index is 599. The molecule has 20 heavy (non-hydrogen) atoms. The zero-order chi connectivity index (χ0) is 13.9. The lowest BCUT2D eigenvalue weighted by molar-refractivity contribution is 0.126. The lowest BCUT2D eigenvalue weighted by atomic mass is 10.0. The molecule has 1 fully saturated rings. The van der Waals surface area contributed by atoms with Gasteiger partial charge in [0.2, 0.25) is 0 Å². The summed E-state index contributed by atoms with van der Waals surface area (Å²) in [6.45, 7) is 1.89. The topological polar surface area (TPSA) is 51.4 Å². The maximum Gasteiger partial charge on any atom is 0.128 e. The van der Waals surface area contributed by atoms with E-state index in [9.17, 15) is 0 Å². The highest BCUT2D eigenvalue weighted by Crippen LogP contribution is 2.29. The minimum Gasteiger partial charge on any atom is -0.491 e. The molecular weight excluding hydrogens is 250 g/mol. The molecule has 1 atom stereocenters. The van der Waals surface area contributed by atoms with Gasteiger partial charge in [-0.05, 0) is 50.7 Å². The van der Waals surface area contributed by atoms with Gasteiger partial charge in [0.15, 0.2) is 0 Å². The minimum atomic E-state index is 0.507. The van der Waals surface area contributed by atoms with E-state index in [4.69, 9.17) is 10.5 Å². The Balaban J connectivity index is 1.79. The number of ether oxygens (including phenoxy) is 1. The summed E-state index contributed by atoms with van der Waals surface area (Å²) in [5.41, 5.74) is 7.48. The smallest absolute Gasteiger partial charge is 0.128 e. The second kappa shape index (κ2) is 5.67. The Hall–Kier alpha value is -1.81. The van der Waals surface area contributed by atoms with E-state index in [1.807, 2.05) is 24.3 Å². The molecule has 0 radical (unpaired) electrons. The zero-order valence-corrected chi connectivity index (χ0v) is 11.9. The van der Waals surface area contributed by atoms with Crippen LogP contribution in [0.25, 0.3) is 10.9 Å². The number of piperidine rings is 1. The Labute approximate surface area is 119 Å². The Morgan fingerprint density at radius 2 is 2.25 bits per heavy atom. The molecule has 1 aromatic carbocycles. The molecule has 4 nitrogen and oxygen atoms in total. The molecule has 0 aliphatic carbocycles. The Kier molecular flexibility index (Phi) is 3.74. The van der Waals surface area contributed by atoms with Crippen LogP contribution in [0.2, 0.25) is 0 Å². The largest absolute Gasteiger partial charge is 0.491 e. The number of aromatic nitrogens is 1. The van der Waals surface area contributed by atoms with Gasteiger partial charge in [0.25, 0.3) is 0 Å². The average molecular weight is 271 g/mol. The average Bonchev–Trinajstić information content (AvgIpc) is 2.48. The number of pyridine rings is 1. The SMILES string of the molecule is CN1CCCCC1COc1ccc(N)c2ncccc12. The van der Waals surface area contributed by atoms with E-state index in [-0.39, 0.29) is 0 Å². The van der Waals surface area contributed by atoms with Gasteiger partial charge in [0.05, 0.1) is 11.2 Å². The van der Waals surface area contributed by atoms with Crippen LogP contribution < -0.4 is 10.5 Å². The fraction of sp³-hybridized carbons (Fsp3) is 0.438. The Morgan fingerprint density at radius 1 is 1.35 bits per heavy atom. The van der Waals surface area contributed by atoms with Gasteiger partial charge in [-0.1, -0.05) is 6.42 Å². The predicted molar refractivity (Wildman–Crippen MR) is 81.9 cm³/mol. The quantitative estimate of drug-likeness (QED) is 0.872. The molecular formula is C16H21N3O. The first-order valence-electron chi connectivity index (χ1n) is 7.22. The summed E-state index contributed by atoms with van der Waals surface area (Å²) >= 11 is 0. The highest BCUT2D eigenvalue weighted by molar-refractivity contribution is 5.93. The molecule has 3 rings (SSSR count). The van der Waals surface area contributed by atoms with Crippen molar-refractivity contribution in [1.82, 2.24) is 9.88 Å². The number of nitrogens with two attached hydrogens (primary N) is 1.